The first-order valence-corrected chi connectivity index (χ1v) is 10.6. The number of carbonyl (C=O) groups excluding carboxylic acids is 1. The van der Waals surface area contributed by atoms with Gasteiger partial charge < -0.3 is 25.2 Å². The predicted octanol–water partition coefficient (Wildman–Crippen LogP) is 0.652. The number of aliphatic hydroxyl groups excluding tert-OH is 3. The largest absolute Gasteiger partial charge is 0.468 e. The summed E-state index contributed by atoms with van der Waals surface area (Å²) in [6.07, 6.45) is -4.28. The number of rotatable bonds is 5. The van der Waals surface area contributed by atoms with Gasteiger partial charge in [-0.25, -0.2) is 0 Å². The summed E-state index contributed by atoms with van der Waals surface area (Å²) in [4.78, 5) is 14.5. The molecule has 166 valence electrons. The topological polar surface area (TPSA) is 110 Å². The number of likely N-dealkylation sites (tertiary alicyclic amines) is 1. The molecule has 2 aromatic carbocycles. The molecule has 7 nitrogen and oxygen atoms in total. The van der Waals surface area contributed by atoms with Crippen LogP contribution in [0.5, 0.6) is 0 Å². The van der Waals surface area contributed by atoms with Gasteiger partial charge in [-0.05, 0) is 17.5 Å². The number of nitrogens with zero attached hydrogens (tertiary/aromatic N) is 1. The minimum atomic E-state index is -1.73. The van der Waals surface area contributed by atoms with Gasteiger partial charge in [0.05, 0.1) is 13.2 Å². The molecule has 5 unspecified atom stereocenters. The van der Waals surface area contributed by atoms with Crippen LogP contribution < -0.4 is 0 Å². The van der Waals surface area contributed by atoms with Gasteiger partial charge in [-0.3, -0.25) is 9.69 Å². The second kappa shape index (κ2) is 8.68. The van der Waals surface area contributed by atoms with Gasteiger partial charge in [-0.15, -0.1) is 0 Å². The molecule has 1 saturated carbocycles. The highest BCUT2D eigenvalue weighted by Gasteiger charge is 2.62. The zero-order chi connectivity index (χ0) is 22.2. The molecule has 4 rings (SSSR count). The minimum absolute atomic E-state index is 0.0402. The summed E-state index contributed by atoms with van der Waals surface area (Å²) in [5.41, 5.74) is 0.365. The molecule has 0 amide bonds. The molecule has 7 heteroatoms. The smallest absolute Gasteiger partial charge is 0.323 e. The van der Waals surface area contributed by atoms with Gasteiger partial charge in [-0.2, -0.15) is 0 Å². The second-order valence-electron chi connectivity index (χ2n) is 8.56. The summed E-state index contributed by atoms with van der Waals surface area (Å²) in [5.74, 6) is -0.628. The zero-order valence-electron chi connectivity index (χ0n) is 17.4. The number of methoxy groups -OCH3 is 1. The highest BCUT2D eigenvalue weighted by atomic mass is 16.5. The monoisotopic (exact) mass is 427 g/mol. The molecule has 6 atom stereocenters. The van der Waals surface area contributed by atoms with Crippen molar-refractivity contribution >= 4 is 5.97 Å². The third-order valence-corrected chi connectivity index (χ3v) is 6.86. The quantitative estimate of drug-likeness (QED) is 0.519. The molecular weight excluding hydrogens is 398 g/mol. The molecule has 0 radical (unpaired) electrons. The van der Waals surface area contributed by atoms with Gasteiger partial charge in [0, 0.05) is 24.9 Å². The van der Waals surface area contributed by atoms with Crippen LogP contribution in [0.1, 0.15) is 29.9 Å². The Bertz CT molecular complexity index is 854. The average molecular weight is 427 g/mol. The Balaban J connectivity index is 1.74. The summed E-state index contributed by atoms with van der Waals surface area (Å²) in [7, 11) is 1.29. The van der Waals surface area contributed by atoms with E-state index in [4.69, 9.17) is 4.74 Å². The summed E-state index contributed by atoms with van der Waals surface area (Å²) in [6.45, 7) is 0.371. The van der Waals surface area contributed by atoms with Crippen LogP contribution in [0.3, 0.4) is 0 Å². The Morgan fingerprint density at radius 1 is 1.06 bits per heavy atom. The summed E-state index contributed by atoms with van der Waals surface area (Å²) in [6, 6.07) is 18.2. The maximum absolute atomic E-state index is 12.7. The Morgan fingerprint density at radius 2 is 1.61 bits per heavy atom. The van der Waals surface area contributed by atoms with E-state index in [1.807, 2.05) is 65.6 Å². The number of benzene rings is 2. The number of hydrogen-bond acceptors (Lipinski definition) is 7. The van der Waals surface area contributed by atoms with Gasteiger partial charge in [-0.1, -0.05) is 60.7 Å². The van der Waals surface area contributed by atoms with Crippen LogP contribution in [-0.2, 0) is 9.53 Å². The van der Waals surface area contributed by atoms with Crippen molar-refractivity contribution in [3.8, 4) is 0 Å². The molecule has 0 aromatic heterocycles. The van der Waals surface area contributed by atoms with Crippen molar-refractivity contribution in [1.29, 1.82) is 0 Å². The molecule has 1 saturated heterocycles. The molecule has 2 aliphatic rings. The van der Waals surface area contributed by atoms with Crippen molar-refractivity contribution in [2.45, 2.75) is 54.8 Å². The SMILES string of the molecule is COC(=O)C1C[C@@]2(O)C(O)C(O)C(O)CC2N1CC(c1ccccc1)c1ccccc1. The Labute approximate surface area is 181 Å². The van der Waals surface area contributed by atoms with Gasteiger partial charge in [0.15, 0.2) is 0 Å². The lowest BCUT2D eigenvalue weighted by atomic mass is 9.75. The molecule has 0 bridgehead atoms. The minimum Gasteiger partial charge on any atom is -0.468 e. The third-order valence-electron chi connectivity index (χ3n) is 6.86. The van der Waals surface area contributed by atoms with Crippen LogP contribution in [-0.4, -0.2) is 80.9 Å². The maximum atomic E-state index is 12.7. The van der Waals surface area contributed by atoms with E-state index in [2.05, 4.69) is 0 Å². The Morgan fingerprint density at radius 3 is 2.13 bits per heavy atom. The van der Waals surface area contributed by atoms with E-state index in [1.165, 1.54) is 7.11 Å². The molecular formula is C24H29NO6. The fourth-order valence-electron chi connectivity index (χ4n) is 5.19. The van der Waals surface area contributed by atoms with Gasteiger partial charge >= 0.3 is 5.97 Å². The van der Waals surface area contributed by atoms with E-state index in [1.54, 1.807) is 0 Å². The molecule has 2 fully saturated rings. The number of fused-ring (bicyclic) bond motifs is 1. The van der Waals surface area contributed by atoms with Crippen LogP contribution in [0.15, 0.2) is 60.7 Å². The van der Waals surface area contributed by atoms with E-state index < -0.39 is 42.0 Å². The van der Waals surface area contributed by atoms with Gasteiger partial charge in [0.25, 0.3) is 0 Å². The van der Waals surface area contributed by atoms with Crippen molar-refractivity contribution in [3.05, 3.63) is 71.8 Å². The van der Waals surface area contributed by atoms with Gasteiger partial charge in [0.1, 0.15) is 23.9 Å². The zero-order valence-corrected chi connectivity index (χ0v) is 17.4. The third kappa shape index (κ3) is 3.88. The molecule has 0 spiro atoms. The Kier molecular flexibility index (Phi) is 6.14. The van der Waals surface area contributed by atoms with Crippen molar-refractivity contribution in [2.75, 3.05) is 13.7 Å². The number of ether oxygens (including phenoxy) is 1. The molecule has 4 N–H and O–H groups in total. The maximum Gasteiger partial charge on any atom is 0.323 e. The first-order chi connectivity index (χ1) is 14.9. The van der Waals surface area contributed by atoms with Crippen LogP contribution in [0.4, 0.5) is 0 Å². The van der Waals surface area contributed by atoms with E-state index in [0.717, 1.165) is 11.1 Å². The lowest BCUT2D eigenvalue weighted by Gasteiger charge is -2.46. The first-order valence-electron chi connectivity index (χ1n) is 10.6. The van der Waals surface area contributed by atoms with Crippen LogP contribution >= 0.6 is 0 Å². The fraction of sp³-hybridized carbons (Fsp3) is 0.458. The molecule has 2 aromatic rings. The lowest BCUT2D eigenvalue weighted by Crippen LogP contribution is -2.65. The normalized spacial score (nSPS) is 33.3. The lowest BCUT2D eigenvalue weighted by molar-refractivity contribution is -0.196. The van der Waals surface area contributed by atoms with Crippen molar-refractivity contribution in [3.63, 3.8) is 0 Å². The highest BCUT2D eigenvalue weighted by molar-refractivity contribution is 5.76. The summed E-state index contributed by atoms with van der Waals surface area (Å²) in [5, 5.41) is 42.4. The van der Waals surface area contributed by atoms with E-state index in [-0.39, 0.29) is 18.8 Å². The van der Waals surface area contributed by atoms with Crippen LogP contribution in [0, 0.1) is 0 Å². The van der Waals surface area contributed by atoms with Crippen molar-refractivity contribution < 1.29 is 30.0 Å². The summed E-state index contributed by atoms with van der Waals surface area (Å²) >= 11 is 0. The fourth-order valence-corrected chi connectivity index (χ4v) is 5.19. The van der Waals surface area contributed by atoms with Gasteiger partial charge in [0.2, 0.25) is 0 Å². The number of aliphatic hydroxyl groups is 4. The van der Waals surface area contributed by atoms with E-state index in [0.29, 0.717) is 6.54 Å². The Hall–Kier alpha value is -2.29. The molecule has 1 heterocycles. The average Bonchev–Trinajstić information content (AvgIpc) is 3.09. The van der Waals surface area contributed by atoms with Crippen molar-refractivity contribution in [1.82, 2.24) is 4.90 Å². The van der Waals surface area contributed by atoms with Crippen LogP contribution in [0.2, 0.25) is 0 Å². The highest BCUT2D eigenvalue weighted by Crippen LogP contribution is 2.45. The molecule has 1 aliphatic carbocycles. The number of hydrogen-bond donors (Lipinski definition) is 4. The van der Waals surface area contributed by atoms with Crippen molar-refractivity contribution in [2.24, 2.45) is 0 Å². The second-order valence-corrected chi connectivity index (χ2v) is 8.56. The van der Waals surface area contributed by atoms with Crippen LogP contribution in [0.25, 0.3) is 0 Å². The predicted molar refractivity (Wildman–Crippen MR) is 113 cm³/mol. The summed E-state index contributed by atoms with van der Waals surface area (Å²) < 4.78 is 5.00. The standard InChI is InChI=1S/C24H29NO6/c1-31-23(29)18-13-24(30)20(12-19(26)21(27)22(24)28)25(18)14-17(15-8-4-2-5-9-15)16-10-6-3-7-11-16/h2-11,17-22,26-28,30H,12-14H2,1H3/t18?,19?,20?,21?,22?,24-/m0/s1. The first kappa shape index (κ1) is 21.9. The molecule has 1 aliphatic heterocycles. The number of carbonyl (C=O) groups is 1. The molecule has 31 heavy (non-hydrogen) atoms. The van der Waals surface area contributed by atoms with E-state index in [9.17, 15) is 25.2 Å². The number of esters is 1. The van der Waals surface area contributed by atoms with E-state index >= 15 is 0 Å².